The summed E-state index contributed by atoms with van der Waals surface area (Å²) in [7, 11) is 0. The molecule has 1 aromatic carbocycles. The Morgan fingerprint density at radius 1 is 1.26 bits per heavy atom. The molecular weight excluding hydrogens is 350 g/mol. The van der Waals surface area contributed by atoms with E-state index in [1.54, 1.807) is 11.0 Å². The lowest BCUT2D eigenvalue weighted by atomic mass is 9.88. The van der Waals surface area contributed by atoms with Gasteiger partial charge >= 0.3 is 0 Å². The second-order valence-electron chi connectivity index (χ2n) is 7.23. The lowest BCUT2D eigenvalue weighted by Crippen LogP contribution is -2.54. The molecule has 1 aromatic heterocycles. The molecule has 1 atom stereocenters. The Bertz CT molecular complexity index is 931. The third-order valence-corrected chi connectivity index (χ3v) is 4.62. The van der Waals surface area contributed by atoms with E-state index in [2.05, 4.69) is 16.8 Å². The van der Waals surface area contributed by atoms with Crippen LogP contribution in [0.15, 0.2) is 36.5 Å². The van der Waals surface area contributed by atoms with Crippen LogP contribution >= 0.6 is 0 Å². The van der Waals surface area contributed by atoms with Crippen molar-refractivity contribution >= 4 is 5.91 Å². The van der Waals surface area contributed by atoms with E-state index < -0.39 is 29.2 Å². The Morgan fingerprint density at radius 2 is 2.00 bits per heavy atom. The maximum Gasteiger partial charge on any atom is 0.275 e. The molecule has 2 aromatic rings. The molecule has 0 bridgehead atoms. The number of aliphatic hydroxyl groups excluding tert-OH is 1. The van der Waals surface area contributed by atoms with E-state index in [4.69, 9.17) is 0 Å². The Labute approximate surface area is 156 Å². The number of amides is 1. The number of carbonyl (C=O) groups excluding carboxylic acids is 1. The van der Waals surface area contributed by atoms with Gasteiger partial charge in [-0.3, -0.25) is 4.79 Å². The van der Waals surface area contributed by atoms with Crippen molar-refractivity contribution in [3.8, 4) is 11.8 Å². The quantitative estimate of drug-likeness (QED) is 0.785. The largest absolute Gasteiger partial charge is 0.393 e. The lowest BCUT2D eigenvalue weighted by molar-refractivity contribution is 0.00264. The van der Waals surface area contributed by atoms with Gasteiger partial charge in [-0.25, -0.2) is 13.8 Å². The summed E-state index contributed by atoms with van der Waals surface area (Å²) in [6, 6.07) is 6.93. The molecule has 3 rings (SSSR count). The van der Waals surface area contributed by atoms with Crippen LogP contribution in [0, 0.1) is 23.5 Å². The normalized spacial score (nSPS) is 18.6. The number of benzene rings is 1. The first kappa shape index (κ1) is 19.0. The van der Waals surface area contributed by atoms with Gasteiger partial charge in [0.1, 0.15) is 5.82 Å². The zero-order chi connectivity index (χ0) is 19.6. The number of piperidine rings is 1. The van der Waals surface area contributed by atoms with Crippen LogP contribution in [0.3, 0.4) is 0 Å². The molecule has 4 nitrogen and oxygen atoms in total. The molecule has 1 amide bonds. The van der Waals surface area contributed by atoms with Gasteiger partial charge in [-0.15, -0.1) is 0 Å². The highest BCUT2D eigenvalue weighted by atomic mass is 19.1. The Kier molecular flexibility index (Phi) is 5.24. The van der Waals surface area contributed by atoms with Crippen LogP contribution in [0.25, 0.3) is 0 Å². The lowest BCUT2D eigenvalue weighted by Gasteiger charge is -2.44. The van der Waals surface area contributed by atoms with Crippen molar-refractivity contribution in [3.05, 3.63) is 65.0 Å². The van der Waals surface area contributed by atoms with Gasteiger partial charge in [0.2, 0.25) is 0 Å². The van der Waals surface area contributed by atoms with E-state index in [0.717, 1.165) is 6.07 Å². The van der Waals surface area contributed by atoms with E-state index in [0.29, 0.717) is 30.5 Å². The van der Waals surface area contributed by atoms with Crippen molar-refractivity contribution in [1.82, 2.24) is 9.88 Å². The van der Waals surface area contributed by atoms with Crippen molar-refractivity contribution in [2.75, 3.05) is 6.54 Å². The standard InChI is InChI=1S/C21H20F2N2O2/c1-21(2)12-17(26)8-9-25(21)20(27)19-18(23)11-15(13-24-19)7-6-14-4-3-5-16(22)10-14/h3-5,10-11,13,17,26H,8-9,12H2,1-2H3. The minimum atomic E-state index is -0.757. The maximum absolute atomic E-state index is 14.5. The van der Waals surface area contributed by atoms with Crippen LogP contribution in [0.4, 0.5) is 8.78 Å². The summed E-state index contributed by atoms with van der Waals surface area (Å²) in [5, 5.41) is 9.81. The number of halogens is 2. The fraction of sp³-hybridized carbons (Fsp3) is 0.333. The van der Waals surface area contributed by atoms with E-state index in [-0.39, 0.29) is 5.69 Å². The molecule has 1 unspecified atom stereocenters. The van der Waals surface area contributed by atoms with Crippen LogP contribution in [0.2, 0.25) is 0 Å². The molecular formula is C21H20F2N2O2. The smallest absolute Gasteiger partial charge is 0.275 e. The third kappa shape index (κ3) is 4.32. The summed E-state index contributed by atoms with van der Waals surface area (Å²) in [6.07, 6.45) is 1.74. The number of nitrogens with zero attached hydrogens (tertiary/aromatic N) is 2. The van der Waals surface area contributed by atoms with Crippen LogP contribution in [0.5, 0.6) is 0 Å². The van der Waals surface area contributed by atoms with Crippen LogP contribution in [-0.2, 0) is 0 Å². The Morgan fingerprint density at radius 3 is 2.67 bits per heavy atom. The van der Waals surface area contributed by atoms with Crippen molar-refractivity contribution in [1.29, 1.82) is 0 Å². The molecule has 0 saturated carbocycles. The molecule has 1 N–H and O–H groups in total. The number of likely N-dealkylation sites (tertiary alicyclic amines) is 1. The molecule has 0 spiro atoms. The third-order valence-electron chi connectivity index (χ3n) is 4.62. The van der Waals surface area contributed by atoms with Gasteiger partial charge in [-0.2, -0.15) is 0 Å². The van der Waals surface area contributed by atoms with Gasteiger partial charge in [0, 0.05) is 29.4 Å². The summed E-state index contributed by atoms with van der Waals surface area (Å²) in [5.41, 5.74) is -0.0970. The van der Waals surface area contributed by atoms with Gasteiger partial charge in [-0.05, 0) is 51.0 Å². The predicted octanol–water partition coefficient (Wildman–Crippen LogP) is 3.14. The molecule has 1 saturated heterocycles. The predicted molar refractivity (Wildman–Crippen MR) is 96.9 cm³/mol. The monoisotopic (exact) mass is 370 g/mol. The van der Waals surface area contributed by atoms with Gasteiger partial charge in [0.15, 0.2) is 11.5 Å². The van der Waals surface area contributed by atoms with Gasteiger partial charge in [0.25, 0.3) is 5.91 Å². The summed E-state index contributed by atoms with van der Waals surface area (Å²) in [5.74, 6) is 3.80. The van der Waals surface area contributed by atoms with Gasteiger partial charge in [-0.1, -0.05) is 17.9 Å². The molecule has 27 heavy (non-hydrogen) atoms. The van der Waals surface area contributed by atoms with Crippen LogP contribution in [-0.4, -0.2) is 39.1 Å². The highest BCUT2D eigenvalue weighted by Gasteiger charge is 2.38. The number of aliphatic hydroxyl groups is 1. The van der Waals surface area contributed by atoms with E-state index in [9.17, 15) is 18.7 Å². The summed E-state index contributed by atoms with van der Waals surface area (Å²) in [6.45, 7) is 4.02. The van der Waals surface area contributed by atoms with E-state index in [1.807, 2.05) is 13.8 Å². The minimum Gasteiger partial charge on any atom is -0.393 e. The minimum absolute atomic E-state index is 0.268. The summed E-state index contributed by atoms with van der Waals surface area (Å²) >= 11 is 0. The number of hydrogen-bond donors (Lipinski definition) is 1. The highest BCUT2D eigenvalue weighted by molar-refractivity contribution is 5.93. The molecule has 140 valence electrons. The molecule has 1 aliphatic rings. The first-order chi connectivity index (χ1) is 12.8. The van der Waals surface area contributed by atoms with E-state index >= 15 is 0 Å². The average molecular weight is 370 g/mol. The molecule has 6 heteroatoms. The fourth-order valence-electron chi connectivity index (χ4n) is 3.25. The first-order valence-electron chi connectivity index (χ1n) is 8.69. The zero-order valence-corrected chi connectivity index (χ0v) is 15.2. The van der Waals surface area contributed by atoms with Gasteiger partial charge in [0.05, 0.1) is 6.10 Å². The van der Waals surface area contributed by atoms with Crippen molar-refractivity contribution in [2.45, 2.75) is 38.3 Å². The maximum atomic E-state index is 14.5. The number of pyridine rings is 1. The topological polar surface area (TPSA) is 53.4 Å². The summed E-state index contributed by atoms with van der Waals surface area (Å²) in [4.78, 5) is 18.2. The van der Waals surface area contributed by atoms with Gasteiger partial charge < -0.3 is 10.0 Å². The van der Waals surface area contributed by atoms with E-state index in [1.165, 1.54) is 24.4 Å². The molecule has 1 fully saturated rings. The molecule has 2 heterocycles. The second-order valence-corrected chi connectivity index (χ2v) is 7.23. The van der Waals surface area contributed by atoms with Crippen LogP contribution < -0.4 is 0 Å². The SMILES string of the molecule is CC1(C)CC(O)CCN1C(=O)c1ncc(C#Cc2cccc(F)c2)cc1F. The molecule has 1 aliphatic heterocycles. The first-order valence-corrected chi connectivity index (χ1v) is 8.69. The van der Waals surface area contributed by atoms with Crippen molar-refractivity contribution in [3.63, 3.8) is 0 Å². The summed E-state index contributed by atoms with van der Waals surface area (Å²) < 4.78 is 27.7. The molecule has 0 aliphatic carbocycles. The number of carbonyl (C=O) groups is 1. The number of rotatable bonds is 1. The second kappa shape index (κ2) is 7.45. The van der Waals surface area contributed by atoms with Crippen molar-refractivity contribution < 1.29 is 18.7 Å². The number of aromatic nitrogens is 1. The van der Waals surface area contributed by atoms with Crippen molar-refractivity contribution in [2.24, 2.45) is 0 Å². The average Bonchev–Trinajstić information content (AvgIpc) is 2.59. The fourth-order valence-corrected chi connectivity index (χ4v) is 3.25. The highest BCUT2D eigenvalue weighted by Crippen LogP contribution is 2.29. The van der Waals surface area contributed by atoms with Crippen LogP contribution in [0.1, 0.15) is 48.3 Å². The zero-order valence-electron chi connectivity index (χ0n) is 15.2. The Hall–Kier alpha value is -2.78. The Balaban J connectivity index is 1.82. The molecule has 0 radical (unpaired) electrons. The number of hydrogen-bond acceptors (Lipinski definition) is 3.